The van der Waals surface area contributed by atoms with Crippen molar-refractivity contribution < 1.29 is 18.7 Å². The zero-order valence-electron chi connectivity index (χ0n) is 14.0. The summed E-state index contributed by atoms with van der Waals surface area (Å²) >= 11 is 0. The van der Waals surface area contributed by atoms with Gasteiger partial charge < -0.3 is 19.4 Å². The van der Waals surface area contributed by atoms with Crippen LogP contribution in [0.2, 0.25) is 0 Å². The second-order valence-corrected chi connectivity index (χ2v) is 5.66. The van der Waals surface area contributed by atoms with Gasteiger partial charge in [-0.15, -0.1) is 0 Å². The Balaban J connectivity index is 1.81. The van der Waals surface area contributed by atoms with Crippen LogP contribution < -0.4 is 15.0 Å². The number of fused-ring (bicyclic) bond motifs is 1. The zero-order chi connectivity index (χ0) is 17.6. The minimum atomic E-state index is -0.734. The number of para-hydroxylation sites is 2. The maximum absolute atomic E-state index is 12.6. The molecule has 1 N–H and O–H groups in total. The van der Waals surface area contributed by atoms with Gasteiger partial charge in [-0.25, -0.2) is 0 Å². The normalized spacial score (nSPS) is 16.4. The van der Waals surface area contributed by atoms with Gasteiger partial charge in [0.25, 0.3) is 11.8 Å². The molecule has 1 aromatic heterocycles. The maximum Gasteiger partial charge on any atom is 0.262 e. The Morgan fingerprint density at radius 1 is 1.28 bits per heavy atom. The van der Waals surface area contributed by atoms with Gasteiger partial charge in [-0.1, -0.05) is 19.1 Å². The summed E-state index contributed by atoms with van der Waals surface area (Å²) in [5.74, 6) is 0.655. The highest BCUT2D eigenvalue weighted by molar-refractivity contribution is 6.05. The summed E-state index contributed by atoms with van der Waals surface area (Å²) in [5, 5.41) is 2.81. The van der Waals surface area contributed by atoms with Crippen LogP contribution in [-0.2, 0) is 9.59 Å². The van der Waals surface area contributed by atoms with Crippen LogP contribution in [0.15, 0.2) is 53.2 Å². The number of ether oxygens (including phenoxy) is 1. The quantitative estimate of drug-likeness (QED) is 0.849. The molecule has 3 rings (SSSR count). The fraction of sp³-hybridized carbons (Fsp3) is 0.263. The van der Waals surface area contributed by atoms with E-state index in [1.807, 2.05) is 19.1 Å². The molecule has 0 radical (unpaired) electrons. The number of carbonyl (C=O) groups excluding carboxylic acids is 2. The van der Waals surface area contributed by atoms with Crippen LogP contribution in [0, 0.1) is 0 Å². The van der Waals surface area contributed by atoms with Gasteiger partial charge in [-0.3, -0.25) is 9.59 Å². The van der Waals surface area contributed by atoms with Crippen molar-refractivity contribution in [3.8, 4) is 5.75 Å². The highest BCUT2D eigenvalue weighted by Gasteiger charge is 2.32. The van der Waals surface area contributed by atoms with E-state index in [4.69, 9.17) is 9.15 Å². The molecule has 1 atom stereocenters. The lowest BCUT2D eigenvalue weighted by Gasteiger charge is -2.33. The average molecular weight is 340 g/mol. The molecule has 0 saturated heterocycles. The number of nitrogens with one attached hydrogen (secondary N) is 1. The molecule has 0 fully saturated rings. The van der Waals surface area contributed by atoms with Gasteiger partial charge in [0.1, 0.15) is 11.5 Å². The third kappa shape index (κ3) is 3.91. The van der Waals surface area contributed by atoms with Crippen LogP contribution in [-0.4, -0.2) is 31.0 Å². The van der Waals surface area contributed by atoms with E-state index in [1.165, 1.54) is 6.08 Å². The van der Waals surface area contributed by atoms with E-state index in [0.717, 1.165) is 6.42 Å². The van der Waals surface area contributed by atoms with Crippen molar-refractivity contribution in [1.29, 1.82) is 0 Å². The van der Waals surface area contributed by atoms with E-state index in [-0.39, 0.29) is 18.4 Å². The molecule has 1 aliphatic heterocycles. The number of hydrogen-bond acceptors (Lipinski definition) is 4. The first-order valence-electron chi connectivity index (χ1n) is 8.25. The minimum Gasteiger partial charge on any atom is -0.477 e. The first-order valence-corrected chi connectivity index (χ1v) is 8.25. The molecule has 0 unspecified atom stereocenters. The van der Waals surface area contributed by atoms with E-state index in [2.05, 4.69) is 5.32 Å². The van der Waals surface area contributed by atoms with E-state index >= 15 is 0 Å². The molecule has 0 aliphatic carbocycles. The van der Waals surface area contributed by atoms with Gasteiger partial charge in [-0.2, -0.15) is 0 Å². The van der Waals surface area contributed by atoms with Crippen molar-refractivity contribution in [3.63, 3.8) is 0 Å². The van der Waals surface area contributed by atoms with Gasteiger partial charge in [0.05, 0.1) is 18.5 Å². The number of carbonyl (C=O) groups is 2. The maximum atomic E-state index is 12.6. The van der Waals surface area contributed by atoms with Crippen LogP contribution in [0.5, 0.6) is 5.75 Å². The zero-order valence-corrected chi connectivity index (χ0v) is 14.0. The average Bonchev–Trinajstić information content (AvgIpc) is 3.16. The lowest BCUT2D eigenvalue weighted by molar-refractivity contribution is -0.128. The number of anilines is 1. The Morgan fingerprint density at radius 3 is 2.88 bits per heavy atom. The van der Waals surface area contributed by atoms with Crippen molar-refractivity contribution in [2.24, 2.45) is 0 Å². The summed E-state index contributed by atoms with van der Waals surface area (Å²) < 4.78 is 11.0. The number of amides is 2. The summed E-state index contributed by atoms with van der Waals surface area (Å²) in [4.78, 5) is 26.5. The largest absolute Gasteiger partial charge is 0.477 e. The fourth-order valence-corrected chi connectivity index (χ4v) is 2.57. The monoisotopic (exact) mass is 340 g/mol. The fourth-order valence-electron chi connectivity index (χ4n) is 2.57. The number of rotatable bonds is 5. The molecule has 0 saturated carbocycles. The highest BCUT2D eigenvalue weighted by atomic mass is 16.5. The lowest BCUT2D eigenvalue weighted by atomic mass is 10.1. The molecule has 1 aliphatic rings. The van der Waals surface area contributed by atoms with E-state index in [1.54, 1.807) is 41.5 Å². The molecule has 0 spiro atoms. The molecule has 0 bridgehead atoms. The summed E-state index contributed by atoms with van der Waals surface area (Å²) in [6, 6.07) is 10.7. The van der Waals surface area contributed by atoms with Crippen molar-refractivity contribution in [2.75, 3.05) is 18.0 Å². The van der Waals surface area contributed by atoms with Crippen molar-refractivity contribution >= 4 is 23.6 Å². The van der Waals surface area contributed by atoms with E-state index < -0.39 is 6.10 Å². The Kier molecular flexibility index (Phi) is 5.18. The highest BCUT2D eigenvalue weighted by Crippen LogP contribution is 2.33. The second kappa shape index (κ2) is 7.70. The lowest BCUT2D eigenvalue weighted by Crippen LogP contribution is -2.50. The van der Waals surface area contributed by atoms with Crippen molar-refractivity contribution in [1.82, 2.24) is 5.32 Å². The summed E-state index contributed by atoms with van der Waals surface area (Å²) in [7, 11) is 0. The predicted octanol–water partition coefficient (Wildman–Crippen LogP) is 2.61. The first-order chi connectivity index (χ1) is 12.2. The third-order valence-corrected chi connectivity index (χ3v) is 3.81. The van der Waals surface area contributed by atoms with Crippen LogP contribution in [0.4, 0.5) is 5.69 Å². The Labute approximate surface area is 146 Å². The number of furan rings is 1. The van der Waals surface area contributed by atoms with Gasteiger partial charge in [0, 0.05) is 12.6 Å². The molecule has 6 nitrogen and oxygen atoms in total. The standard InChI is InChI=1S/C19H20N2O4/c1-2-11-20-19(23)17-13-21(15-7-3-4-8-16(15)25-17)18(22)10-9-14-6-5-12-24-14/h3-10,12,17H,2,11,13H2,1H3,(H,20,23)/b10-9+/t17-/m1/s1. The predicted molar refractivity (Wildman–Crippen MR) is 94.3 cm³/mol. The summed E-state index contributed by atoms with van der Waals surface area (Å²) in [5.41, 5.74) is 0.649. The Morgan fingerprint density at radius 2 is 2.12 bits per heavy atom. The first kappa shape index (κ1) is 16.8. The van der Waals surface area contributed by atoms with Crippen LogP contribution in [0.3, 0.4) is 0 Å². The van der Waals surface area contributed by atoms with Crippen LogP contribution in [0.25, 0.3) is 6.08 Å². The molecule has 2 aromatic rings. The van der Waals surface area contributed by atoms with Gasteiger partial charge in [0.2, 0.25) is 0 Å². The van der Waals surface area contributed by atoms with Gasteiger partial charge >= 0.3 is 0 Å². The van der Waals surface area contributed by atoms with Crippen molar-refractivity contribution in [3.05, 3.63) is 54.5 Å². The molecule has 1 aromatic carbocycles. The molecular formula is C19H20N2O4. The molecule has 6 heteroatoms. The minimum absolute atomic E-state index is 0.161. The molecule has 130 valence electrons. The van der Waals surface area contributed by atoms with Gasteiger partial charge in [-0.05, 0) is 36.8 Å². The smallest absolute Gasteiger partial charge is 0.262 e. The number of nitrogens with zero attached hydrogens (tertiary/aromatic N) is 1. The van der Waals surface area contributed by atoms with Crippen LogP contribution >= 0.6 is 0 Å². The molecule has 2 heterocycles. The van der Waals surface area contributed by atoms with Gasteiger partial charge in [0.15, 0.2) is 6.10 Å². The second-order valence-electron chi connectivity index (χ2n) is 5.66. The third-order valence-electron chi connectivity index (χ3n) is 3.81. The number of hydrogen-bond donors (Lipinski definition) is 1. The summed E-state index contributed by atoms with van der Waals surface area (Å²) in [6.07, 6.45) is 4.68. The van der Waals surface area contributed by atoms with E-state index in [9.17, 15) is 9.59 Å². The Bertz CT molecular complexity index is 767. The molecular weight excluding hydrogens is 320 g/mol. The van der Waals surface area contributed by atoms with Crippen LogP contribution in [0.1, 0.15) is 19.1 Å². The summed E-state index contributed by atoms with van der Waals surface area (Å²) in [6.45, 7) is 2.72. The molecule has 25 heavy (non-hydrogen) atoms. The topological polar surface area (TPSA) is 71.8 Å². The SMILES string of the molecule is CCCNC(=O)[C@H]1CN(C(=O)/C=C/c2ccco2)c2ccccc2O1. The number of benzene rings is 1. The molecule has 2 amide bonds. The van der Waals surface area contributed by atoms with E-state index in [0.29, 0.717) is 23.7 Å². The van der Waals surface area contributed by atoms with Crippen molar-refractivity contribution in [2.45, 2.75) is 19.4 Å². The Hall–Kier alpha value is -3.02.